The Bertz CT molecular complexity index is 1080. The van der Waals surface area contributed by atoms with E-state index in [1.54, 1.807) is 12.1 Å². The molecule has 2 aliphatic rings. The molecule has 2 aromatic carbocycles. The first kappa shape index (κ1) is 21.1. The lowest BCUT2D eigenvalue weighted by Crippen LogP contribution is -2.40. The summed E-state index contributed by atoms with van der Waals surface area (Å²) in [6.07, 6.45) is -0.0188. The van der Waals surface area contributed by atoms with E-state index in [1.807, 2.05) is 19.1 Å². The van der Waals surface area contributed by atoms with E-state index in [9.17, 15) is 13.2 Å². The summed E-state index contributed by atoms with van der Waals surface area (Å²) in [4.78, 5) is 12.9. The summed E-state index contributed by atoms with van der Waals surface area (Å²) in [5.74, 6) is 0.392. The summed E-state index contributed by atoms with van der Waals surface area (Å²) in [6.45, 7) is 5.22. The van der Waals surface area contributed by atoms with E-state index >= 15 is 0 Å². The highest BCUT2D eigenvalue weighted by molar-refractivity contribution is 7.89. The molecule has 2 aromatic rings. The number of sulfonamides is 1. The van der Waals surface area contributed by atoms with Crippen LogP contribution in [0.25, 0.3) is 0 Å². The van der Waals surface area contributed by atoms with Crippen LogP contribution < -0.4 is 10.1 Å². The van der Waals surface area contributed by atoms with Crippen LogP contribution in [0.2, 0.25) is 5.02 Å². The number of fused-ring (bicyclic) bond motifs is 1. The average Bonchev–Trinajstić information content (AvgIpc) is 3.04. The number of carbonyl (C=O) groups excluding carboxylic acids is 1. The number of nitrogens with one attached hydrogen (secondary N) is 1. The normalized spacial score (nSPS) is 21.7. The van der Waals surface area contributed by atoms with Gasteiger partial charge in [-0.3, -0.25) is 4.79 Å². The molecule has 2 atom stereocenters. The molecule has 9 heteroatoms. The number of anilines is 1. The van der Waals surface area contributed by atoms with Crippen molar-refractivity contribution in [3.63, 3.8) is 0 Å². The number of rotatable bonds is 4. The smallest absolute Gasteiger partial charge is 0.259 e. The summed E-state index contributed by atoms with van der Waals surface area (Å²) >= 11 is 6.19. The van der Waals surface area contributed by atoms with E-state index in [4.69, 9.17) is 21.1 Å². The minimum absolute atomic E-state index is 0.0188. The number of hydrogen-bond acceptors (Lipinski definition) is 5. The van der Waals surface area contributed by atoms with Crippen LogP contribution >= 0.6 is 11.6 Å². The fourth-order valence-electron chi connectivity index (χ4n) is 3.67. The molecule has 30 heavy (non-hydrogen) atoms. The van der Waals surface area contributed by atoms with Gasteiger partial charge in [0.25, 0.3) is 5.91 Å². The molecule has 2 unspecified atom stereocenters. The van der Waals surface area contributed by atoms with Gasteiger partial charge < -0.3 is 14.8 Å². The Hall–Kier alpha value is -2.13. The van der Waals surface area contributed by atoms with E-state index in [-0.39, 0.29) is 40.9 Å². The van der Waals surface area contributed by atoms with E-state index in [0.29, 0.717) is 30.2 Å². The molecule has 1 saturated heterocycles. The molecule has 1 fully saturated rings. The quantitative estimate of drug-likeness (QED) is 0.770. The number of para-hydroxylation sites is 1. The summed E-state index contributed by atoms with van der Waals surface area (Å²) in [7, 11) is -3.79. The van der Waals surface area contributed by atoms with Crippen molar-refractivity contribution in [2.75, 3.05) is 31.6 Å². The summed E-state index contributed by atoms with van der Waals surface area (Å²) < 4.78 is 38.4. The number of hydrogen-bond donors (Lipinski definition) is 1. The third-order valence-corrected chi connectivity index (χ3v) is 7.95. The second-order valence-corrected chi connectivity index (χ2v) is 9.76. The second-order valence-electron chi connectivity index (χ2n) is 7.45. The Morgan fingerprint density at radius 1 is 1.17 bits per heavy atom. The molecule has 2 heterocycles. The first-order valence-corrected chi connectivity index (χ1v) is 11.6. The minimum atomic E-state index is -3.79. The van der Waals surface area contributed by atoms with E-state index in [1.165, 1.54) is 16.4 Å². The number of benzene rings is 2. The van der Waals surface area contributed by atoms with Crippen LogP contribution in [0.5, 0.6) is 5.75 Å². The van der Waals surface area contributed by atoms with Crippen LogP contribution in [0.15, 0.2) is 41.3 Å². The van der Waals surface area contributed by atoms with Crippen molar-refractivity contribution in [1.82, 2.24) is 4.31 Å². The highest BCUT2D eigenvalue weighted by Crippen LogP contribution is 2.40. The van der Waals surface area contributed by atoms with Gasteiger partial charge in [0.05, 0.1) is 23.8 Å². The van der Waals surface area contributed by atoms with Gasteiger partial charge in [0, 0.05) is 30.3 Å². The zero-order valence-corrected chi connectivity index (χ0v) is 18.3. The fraction of sp³-hybridized carbons (Fsp3) is 0.381. The van der Waals surface area contributed by atoms with Crippen LogP contribution in [0.1, 0.15) is 35.7 Å². The standard InChI is InChI=1S/C21H23ClN2O5S/c1-13-14(2)29-20-16(13)4-3-5-17(20)21(25)23-15-6-7-18(22)19(12-15)30(26,27)24-8-10-28-11-9-24/h3-7,12-14H,8-11H2,1-2H3,(H,23,25). The molecule has 1 N–H and O–H groups in total. The van der Waals surface area contributed by atoms with Crippen LogP contribution in [0, 0.1) is 0 Å². The molecule has 0 aliphatic carbocycles. The highest BCUT2D eigenvalue weighted by Gasteiger charge is 2.32. The van der Waals surface area contributed by atoms with Gasteiger partial charge in [-0.15, -0.1) is 0 Å². The Kier molecular flexibility index (Phi) is 5.76. The molecular formula is C21H23ClN2O5S. The van der Waals surface area contributed by atoms with E-state index < -0.39 is 10.0 Å². The molecular weight excluding hydrogens is 428 g/mol. The first-order valence-electron chi connectivity index (χ1n) is 9.77. The second kappa shape index (κ2) is 8.19. The lowest BCUT2D eigenvalue weighted by Gasteiger charge is -2.26. The van der Waals surface area contributed by atoms with Crippen molar-refractivity contribution in [3.8, 4) is 5.75 Å². The van der Waals surface area contributed by atoms with Gasteiger partial charge in [-0.2, -0.15) is 4.31 Å². The van der Waals surface area contributed by atoms with E-state index in [0.717, 1.165) is 5.56 Å². The number of ether oxygens (including phenoxy) is 2. The van der Waals surface area contributed by atoms with Gasteiger partial charge in [0.2, 0.25) is 10.0 Å². The lowest BCUT2D eigenvalue weighted by atomic mass is 9.97. The molecule has 2 aliphatic heterocycles. The van der Waals surface area contributed by atoms with Gasteiger partial charge in [-0.05, 0) is 31.2 Å². The summed E-state index contributed by atoms with van der Waals surface area (Å²) in [5, 5.41) is 2.88. The molecule has 1 amide bonds. The van der Waals surface area contributed by atoms with Crippen LogP contribution in [-0.2, 0) is 14.8 Å². The molecule has 160 valence electrons. The van der Waals surface area contributed by atoms with Gasteiger partial charge >= 0.3 is 0 Å². The maximum absolute atomic E-state index is 13.0. The fourth-order valence-corrected chi connectivity index (χ4v) is 5.58. The maximum Gasteiger partial charge on any atom is 0.259 e. The van der Waals surface area contributed by atoms with Crippen molar-refractivity contribution in [2.24, 2.45) is 0 Å². The third-order valence-electron chi connectivity index (χ3n) is 5.57. The van der Waals surface area contributed by atoms with Crippen molar-refractivity contribution in [2.45, 2.75) is 30.8 Å². The largest absolute Gasteiger partial charge is 0.489 e. The Morgan fingerprint density at radius 2 is 1.90 bits per heavy atom. The molecule has 0 radical (unpaired) electrons. The van der Waals surface area contributed by atoms with Crippen LogP contribution in [-0.4, -0.2) is 51.0 Å². The maximum atomic E-state index is 13.0. The Labute approximate surface area is 181 Å². The molecule has 7 nitrogen and oxygen atoms in total. The van der Waals surface area contributed by atoms with Crippen molar-refractivity contribution >= 4 is 33.2 Å². The van der Waals surface area contributed by atoms with Gasteiger partial charge in [-0.1, -0.05) is 30.7 Å². The van der Waals surface area contributed by atoms with Crippen LogP contribution in [0.3, 0.4) is 0 Å². The first-order chi connectivity index (χ1) is 14.3. The average molecular weight is 451 g/mol. The van der Waals surface area contributed by atoms with Crippen molar-refractivity contribution in [3.05, 3.63) is 52.5 Å². The number of amides is 1. The Balaban J connectivity index is 1.61. The Morgan fingerprint density at radius 3 is 2.63 bits per heavy atom. The summed E-state index contributed by atoms with van der Waals surface area (Å²) in [6, 6.07) is 9.91. The zero-order valence-electron chi connectivity index (χ0n) is 16.7. The van der Waals surface area contributed by atoms with Crippen molar-refractivity contribution < 1.29 is 22.7 Å². The highest BCUT2D eigenvalue weighted by atomic mass is 35.5. The predicted octanol–water partition coefficient (Wildman–Crippen LogP) is 3.50. The predicted molar refractivity (Wildman–Crippen MR) is 114 cm³/mol. The SMILES string of the molecule is CC1Oc2c(C(=O)Nc3ccc(Cl)c(S(=O)(=O)N4CCOCC4)c3)cccc2C1C. The minimum Gasteiger partial charge on any atom is -0.489 e. The third kappa shape index (κ3) is 3.80. The zero-order chi connectivity index (χ0) is 21.5. The van der Waals surface area contributed by atoms with Gasteiger partial charge in [0.1, 0.15) is 16.7 Å². The van der Waals surface area contributed by atoms with Crippen molar-refractivity contribution in [1.29, 1.82) is 0 Å². The van der Waals surface area contributed by atoms with Crippen LogP contribution in [0.4, 0.5) is 5.69 Å². The number of carbonyl (C=O) groups is 1. The van der Waals surface area contributed by atoms with E-state index in [2.05, 4.69) is 12.2 Å². The molecule has 0 spiro atoms. The number of morpholine rings is 1. The monoisotopic (exact) mass is 450 g/mol. The number of halogens is 1. The lowest BCUT2D eigenvalue weighted by molar-refractivity contribution is 0.0730. The number of nitrogens with zero attached hydrogens (tertiary/aromatic N) is 1. The molecule has 0 bridgehead atoms. The van der Waals surface area contributed by atoms with Gasteiger partial charge in [-0.25, -0.2) is 8.42 Å². The van der Waals surface area contributed by atoms with Gasteiger partial charge in [0.15, 0.2) is 0 Å². The molecule has 4 rings (SSSR count). The summed E-state index contributed by atoms with van der Waals surface area (Å²) in [5.41, 5.74) is 1.74. The topological polar surface area (TPSA) is 84.9 Å². The molecule has 0 saturated carbocycles. The molecule has 0 aromatic heterocycles.